The average Bonchev–Trinajstić information content (AvgIpc) is 2.85. The van der Waals surface area contributed by atoms with Gasteiger partial charge in [0.25, 0.3) is 0 Å². The van der Waals surface area contributed by atoms with Gasteiger partial charge in [-0.25, -0.2) is 0 Å². The van der Waals surface area contributed by atoms with E-state index in [4.69, 9.17) is 21.1 Å². The molecule has 0 unspecified atom stereocenters. The van der Waals surface area contributed by atoms with Crippen molar-refractivity contribution in [1.29, 1.82) is 0 Å². The number of rotatable bonds is 6. The van der Waals surface area contributed by atoms with E-state index < -0.39 is 0 Å². The molecule has 0 bridgehead atoms. The molecule has 0 saturated carbocycles. The SMILES string of the molecule is CCc1cc(CNc2cc(Cl)c(OC)cc2OC)n(C)n1. The van der Waals surface area contributed by atoms with Crippen molar-refractivity contribution in [1.82, 2.24) is 9.78 Å². The molecule has 6 heteroatoms. The molecule has 1 heterocycles. The molecule has 0 spiro atoms. The molecule has 0 aliphatic rings. The Hall–Kier alpha value is -1.88. The number of nitrogens with one attached hydrogen (secondary N) is 1. The van der Waals surface area contributed by atoms with Crippen LogP contribution in [0.1, 0.15) is 18.3 Å². The number of benzene rings is 1. The fourth-order valence-electron chi connectivity index (χ4n) is 2.09. The van der Waals surface area contributed by atoms with Gasteiger partial charge in [-0.3, -0.25) is 4.68 Å². The second kappa shape index (κ2) is 6.72. The van der Waals surface area contributed by atoms with Crippen molar-refractivity contribution in [2.24, 2.45) is 7.05 Å². The summed E-state index contributed by atoms with van der Waals surface area (Å²) in [6.45, 7) is 2.73. The molecular formula is C15H20ClN3O2. The second-order valence-corrected chi connectivity index (χ2v) is 5.05. The first-order valence-electron chi connectivity index (χ1n) is 6.76. The Morgan fingerprint density at radius 3 is 2.48 bits per heavy atom. The average molecular weight is 310 g/mol. The third kappa shape index (κ3) is 3.42. The van der Waals surface area contributed by atoms with Gasteiger partial charge in [0.15, 0.2) is 0 Å². The van der Waals surface area contributed by atoms with Crippen LogP contribution in [-0.4, -0.2) is 24.0 Å². The number of methoxy groups -OCH3 is 2. The maximum Gasteiger partial charge on any atom is 0.145 e. The number of aryl methyl sites for hydroxylation is 2. The van der Waals surface area contributed by atoms with Crippen LogP contribution in [0, 0.1) is 0 Å². The van der Waals surface area contributed by atoms with Crippen LogP contribution in [-0.2, 0) is 20.0 Å². The van der Waals surface area contributed by atoms with E-state index in [0.717, 1.165) is 23.5 Å². The van der Waals surface area contributed by atoms with Gasteiger partial charge >= 0.3 is 0 Å². The molecule has 0 fully saturated rings. The van der Waals surface area contributed by atoms with Crippen molar-refractivity contribution < 1.29 is 9.47 Å². The number of anilines is 1. The summed E-state index contributed by atoms with van der Waals surface area (Å²) in [6, 6.07) is 5.66. The maximum absolute atomic E-state index is 6.16. The lowest BCUT2D eigenvalue weighted by Crippen LogP contribution is -2.06. The minimum absolute atomic E-state index is 0.542. The van der Waals surface area contributed by atoms with E-state index in [1.165, 1.54) is 0 Å². The minimum Gasteiger partial charge on any atom is -0.495 e. The number of ether oxygens (including phenoxy) is 2. The lowest BCUT2D eigenvalue weighted by Gasteiger charge is -2.13. The van der Waals surface area contributed by atoms with Gasteiger partial charge < -0.3 is 14.8 Å². The molecule has 21 heavy (non-hydrogen) atoms. The van der Waals surface area contributed by atoms with E-state index in [0.29, 0.717) is 23.1 Å². The highest BCUT2D eigenvalue weighted by Crippen LogP contribution is 2.36. The fraction of sp³-hybridized carbons (Fsp3) is 0.400. The van der Waals surface area contributed by atoms with Crippen LogP contribution in [0.2, 0.25) is 5.02 Å². The first-order chi connectivity index (χ1) is 10.1. The first kappa shape index (κ1) is 15.5. The molecule has 0 atom stereocenters. The van der Waals surface area contributed by atoms with Gasteiger partial charge in [-0.15, -0.1) is 0 Å². The zero-order valence-electron chi connectivity index (χ0n) is 12.7. The van der Waals surface area contributed by atoms with Crippen LogP contribution in [0.3, 0.4) is 0 Å². The smallest absolute Gasteiger partial charge is 0.145 e. The van der Waals surface area contributed by atoms with E-state index in [2.05, 4.69) is 23.4 Å². The largest absolute Gasteiger partial charge is 0.495 e. The van der Waals surface area contributed by atoms with Crippen LogP contribution in [0.15, 0.2) is 18.2 Å². The van der Waals surface area contributed by atoms with Crippen molar-refractivity contribution in [2.75, 3.05) is 19.5 Å². The minimum atomic E-state index is 0.542. The summed E-state index contributed by atoms with van der Waals surface area (Å²) in [5, 5.41) is 8.30. The summed E-state index contributed by atoms with van der Waals surface area (Å²) in [6.07, 6.45) is 0.922. The Morgan fingerprint density at radius 1 is 1.19 bits per heavy atom. The van der Waals surface area contributed by atoms with Crippen LogP contribution >= 0.6 is 11.6 Å². The number of hydrogen-bond donors (Lipinski definition) is 1. The molecule has 0 amide bonds. The van der Waals surface area contributed by atoms with Gasteiger partial charge in [-0.1, -0.05) is 18.5 Å². The lowest BCUT2D eigenvalue weighted by molar-refractivity contribution is 0.395. The molecule has 114 valence electrons. The van der Waals surface area contributed by atoms with Crippen LogP contribution in [0.25, 0.3) is 0 Å². The summed E-state index contributed by atoms with van der Waals surface area (Å²) < 4.78 is 12.4. The Bertz CT molecular complexity index is 626. The molecule has 0 saturated heterocycles. The van der Waals surface area contributed by atoms with Gasteiger partial charge in [0.05, 0.1) is 42.9 Å². The van der Waals surface area contributed by atoms with E-state index >= 15 is 0 Å². The third-order valence-electron chi connectivity index (χ3n) is 3.32. The van der Waals surface area contributed by atoms with Crippen molar-refractivity contribution in [3.05, 3.63) is 34.6 Å². The summed E-state index contributed by atoms with van der Waals surface area (Å²) >= 11 is 6.16. The molecule has 1 aromatic carbocycles. The normalized spacial score (nSPS) is 10.5. The molecule has 1 N–H and O–H groups in total. The van der Waals surface area contributed by atoms with E-state index in [-0.39, 0.29) is 0 Å². The zero-order chi connectivity index (χ0) is 15.4. The van der Waals surface area contributed by atoms with Gasteiger partial charge in [-0.2, -0.15) is 5.10 Å². The van der Waals surface area contributed by atoms with Crippen LogP contribution in [0.4, 0.5) is 5.69 Å². The van der Waals surface area contributed by atoms with Crippen LogP contribution < -0.4 is 14.8 Å². The predicted molar refractivity (Wildman–Crippen MR) is 84.5 cm³/mol. The second-order valence-electron chi connectivity index (χ2n) is 4.64. The molecule has 0 aliphatic carbocycles. The van der Waals surface area contributed by atoms with Crippen molar-refractivity contribution in [2.45, 2.75) is 19.9 Å². The van der Waals surface area contributed by atoms with Crippen molar-refractivity contribution >= 4 is 17.3 Å². The molecule has 2 rings (SSSR count). The highest BCUT2D eigenvalue weighted by molar-refractivity contribution is 6.32. The first-order valence-corrected chi connectivity index (χ1v) is 7.14. The fourth-order valence-corrected chi connectivity index (χ4v) is 2.33. The molecule has 5 nitrogen and oxygen atoms in total. The quantitative estimate of drug-likeness (QED) is 0.889. The lowest BCUT2D eigenvalue weighted by atomic mass is 10.2. The molecule has 2 aromatic rings. The summed E-state index contributed by atoms with van der Waals surface area (Å²) in [5.41, 5.74) is 3.00. The number of halogens is 1. The number of aromatic nitrogens is 2. The highest BCUT2D eigenvalue weighted by atomic mass is 35.5. The molecule has 0 aliphatic heterocycles. The van der Waals surface area contributed by atoms with E-state index in [1.54, 1.807) is 26.4 Å². The van der Waals surface area contributed by atoms with Gasteiger partial charge in [0, 0.05) is 13.1 Å². The summed E-state index contributed by atoms with van der Waals surface area (Å²) in [7, 11) is 5.14. The molecular weight excluding hydrogens is 290 g/mol. The molecule has 1 aromatic heterocycles. The molecule has 0 radical (unpaired) electrons. The van der Waals surface area contributed by atoms with Gasteiger partial charge in [0.1, 0.15) is 11.5 Å². The Balaban J connectivity index is 2.19. The van der Waals surface area contributed by atoms with Gasteiger partial charge in [0.2, 0.25) is 0 Å². The standard InChI is InChI=1S/C15H20ClN3O2/c1-5-10-6-11(19(2)18-10)9-17-13-7-12(16)14(20-3)8-15(13)21-4/h6-8,17H,5,9H2,1-4H3. The van der Waals surface area contributed by atoms with Gasteiger partial charge in [-0.05, 0) is 18.6 Å². The monoisotopic (exact) mass is 309 g/mol. The maximum atomic E-state index is 6.16. The highest BCUT2D eigenvalue weighted by Gasteiger charge is 2.11. The summed E-state index contributed by atoms with van der Waals surface area (Å²) in [5.74, 6) is 1.28. The van der Waals surface area contributed by atoms with Crippen LogP contribution in [0.5, 0.6) is 11.5 Å². The number of hydrogen-bond acceptors (Lipinski definition) is 4. The van der Waals surface area contributed by atoms with Crippen molar-refractivity contribution in [3.63, 3.8) is 0 Å². The zero-order valence-corrected chi connectivity index (χ0v) is 13.5. The van der Waals surface area contributed by atoms with E-state index in [1.807, 2.05) is 11.7 Å². The summed E-state index contributed by atoms with van der Waals surface area (Å²) in [4.78, 5) is 0. The Labute approximate surface area is 129 Å². The number of nitrogens with zero attached hydrogens (tertiary/aromatic N) is 2. The Morgan fingerprint density at radius 2 is 1.90 bits per heavy atom. The Kier molecular flexibility index (Phi) is 4.96. The topological polar surface area (TPSA) is 48.3 Å². The van der Waals surface area contributed by atoms with Crippen molar-refractivity contribution in [3.8, 4) is 11.5 Å². The van der Waals surface area contributed by atoms with E-state index in [9.17, 15) is 0 Å². The third-order valence-corrected chi connectivity index (χ3v) is 3.62. The predicted octanol–water partition coefficient (Wildman–Crippen LogP) is 3.27.